The van der Waals surface area contributed by atoms with Crippen LogP contribution in [-0.4, -0.2) is 19.3 Å². The Bertz CT molecular complexity index is 312. The Hall–Kier alpha value is -0.440. The summed E-state index contributed by atoms with van der Waals surface area (Å²) < 4.78 is 0. The summed E-state index contributed by atoms with van der Waals surface area (Å²) in [6.07, 6.45) is 0. The first-order valence-corrected chi connectivity index (χ1v) is 5.79. The van der Waals surface area contributed by atoms with Crippen molar-refractivity contribution >= 4 is 23.4 Å². The van der Waals surface area contributed by atoms with Crippen molar-refractivity contribution in [2.24, 2.45) is 0 Å². The molecule has 3 heteroatoms. The molecule has 1 aromatic rings. The topological polar surface area (TPSA) is 12.0 Å². The fourth-order valence-corrected chi connectivity index (χ4v) is 2.18. The Balaban J connectivity index is 2.46. The SMILES string of the molecule is C=C(CNC)CSc1ccccc1Cl. The summed E-state index contributed by atoms with van der Waals surface area (Å²) in [6.45, 7) is 4.82. The predicted octanol–water partition coefficient (Wildman–Crippen LogP) is 3.21. The molecule has 1 rings (SSSR count). The number of benzene rings is 1. The second-order valence-electron chi connectivity index (χ2n) is 3.00. The van der Waals surface area contributed by atoms with Gasteiger partial charge in [0.25, 0.3) is 0 Å². The maximum absolute atomic E-state index is 6.02. The normalized spacial score (nSPS) is 10.1. The molecule has 76 valence electrons. The van der Waals surface area contributed by atoms with E-state index in [2.05, 4.69) is 11.9 Å². The Morgan fingerprint density at radius 1 is 1.50 bits per heavy atom. The highest BCUT2D eigenvalue weighted by Gasteiger charge is 2.00. The zero-order valence-corrected chi connectivity index (χ0v) is 9.79. The van der Waals surface area contributed by atoms with Crippen LogP contribution < -0.4 is 5.32 Å². The van der Waals surface area contributed by atoms with Crippen LogP contribution >= 0.6 is 23.4 Å². The van der Waals surface area contributed by atoms with E-state index in [1.165, 1.54) is 5.57 Å². The molecule has 0 heterocycles. The van der Waals surface area contributed by atoms with Gasteiger partial charge in [-0.25, -0.2) is 0 Å². The van der Waals surface area contributed by atoms with Crippen molar-refractivity contribution in [3.05, 3.63) is 41.4 Å². The molecular formula is C11H14ClNS. The molecule has 0 aliphatic rings. The highest BCUT2D eigenvalue weighted by atomic mass is 35.5. The fourth-order valence-electron chi connectivity index (χ4n) is 1.04. The highest BCUT2D eigenvalue weighted by Crippen LogP contribution is 2.27. The van der Waals surface area contributed by atoms with Gasteiger partial charge in [0.1, 0.15) is 0 Å². The zero-order valence-electron chi connectivity index (χ0n) is 8.22. The van der Waals surface area contributed by atoms with E-state index in [0.29, 0.717) is 0 Å². The number of halogens is 1. The number of rotatable bonds is 5. The second kappa shape index (κ2) is 6.12. The van der Waals surface area contributed by atoms with E-state index in [1.807, 2.05) is 31.3 Å². The minimum Gasteiger partial charge on any atom is -0.316 e. The lowest BCUT2D eigenvalue weighted by molar-refractivity contribution is 0.885. The summed E-state index contributed by atoms with van der Waals surface area (Å²) in [5, 5.41) is 3.89. The first kappa shape index (κ1) is 11.6. The average Bonchev–Trinajstić information content (AvgIpc) is 2.17. The molecule has 0 spiro atoms. The maximum Gasteiger partial charge on any atom is 0.0541 e. The fraction of sp³-hybridized carbons (Fsp3) is 0.273. The van der Waals surface area contributed by atoms with Crippen molar-refractivity contribution in [1.82, 2.24) is 5.32 Å². The van der Waals surface area contributed by atoms with E-state index in [0.717, 1.165) is 22.2 Å². The zero-order chi connectivity index (χ0) is 10.4. The third kappa shape index (κ3) is 3.74. The molecule has 0 aliphatic heterocycles. The minimum atomic E-state index is 0.815. The summed E-state index contributed by atoms with van der Waals surface area (Å²) in [5.41, 5.74) is 1.18. The van der Waals surface area contributed by atoms with Crippen molar-refractivity contribution in [2.45, 2.75) is 4.90 Å². The van der Waals surface area contributed by atoms with Crippen molar-refractivity contribution in [2.75, 3.05) is 19.3 Å². The Morgan fingerprint density at radius 2 is 2.21 bits per heavy atom. The highest BCUT2D eigenvalue weighted by molar-refractivity contribution is 7.99. The molecule has 0 saturated heterocycles. The van der Waals surface area contributed by atoms with E-state index in [1.54, 1.807) is 11.8 Å². The number of thioether (sulfide) groups is 1. The van der Waals surface area contributed by atoms with Crippen LogP contribution in [0.5, 0.6) is 0 Å². The Morgan fingerprint density at radius 3 is 2.86 bits per heavy atom. The van der Waals surface area contributed by atoms with Gasteiger partial charge in [0.2, 0.25) is 0 Å². The molecule has 0 atom stereocenters. The second-order valence-corrected chi connectivity index (χ2v) is 4.42. The van der Waals surface area contributed by atoms with E-state index in [-0.39, 0.29) is 0 Å². The van der Waals surface area contributed by atoms with Crippen molar-refractivity contribution in [3.63, 3.8) is 0 Å². The quantitative estimate of drug-likeness (QED) is 0.613. The first-order valence-electron chi connectivity index (χ1n) is 4.42. The molecule has 0 fully saturated rings. The molecule has 0 amide bonds. The Labute approximate surface area is 94.5 Å². The maximum atomic E-state index is 6.02. The largest absolute Gasteiger partial charge is 0.316 e. The first-order chi connectivity index (χ1) is 6.74. The minimum absolute atomic E-state index is 0.815. The summed E-state index contributed by atoms with van der Waals surface area (Å²) in [7, 11) is 1.92. The molecule has 1 nitrogen and oxygen atoms in total. The molecule has 0 radical (unpaired) electrons. The van der Waals surface area contributed by atoms with Crippen LogP contribution in [0.15, 0.2) is 41.3 Å². The average molecular weight is 228 g/mol. The molecule has 1 aromatic carbocycles. The van der Waals surface area contributed by atoms with E-state index in [4.69, 9.17) is 11.6 Å². The number of likely N-dealkylation sites (N-methyl/N-ethyl adjacent to an activating group) is 1. The third-order valence-electron chi connectivity index (χ3n) is 1.70. The number of nitrogens with one attached hydrogen (secondary N) is 1. The monoisotopic (exact) mass is 227 g/mol. The lowest BCUT2D eigenvalue weighted by atomic mass is 10.3. The number of hydrogen-bond acceptors (Lipinski definition) is 2. The van der Waals surface area contributed by atoms with Gasteiger partial charge >= 0.3 is 0 Å². The van der Waals surface area contributed by atoms with Crippen molar-refractivity contribution in [3.8, 4) is 0 Å². The standard InChI is InChI=1S/C11H14ClNS/c1-9(7-13-2)8-14-11-6-4-3-5-10(11)12/h3-6,13H,1,7-8H2,2H3. The smallest absolute Gasteiger partial charge is 0.0541 e. The molecule has 0 bridgehead atoms. The number of hydrogen-bond donors (Lipinski definition) is 1. The lowest BCUT2D eigenvalue weighted by Crippen LogP contribution is -2.10. The summed E-state index contributed by atoms with van der Waals surface area (Å²) in [6, 6.07) is 7.87. The van der Waals surface area contributed by atoms with Gasteiger partial charge in [0.05, 0.1) is 5.02 Å². The van der Waals surface area contributed by atoms with Gasteiger partial charge in [0.15, 0.2) is 0 Å². The van der Waals surface area contributed by atoms with Gasteiger partial charge < -0.3 is 5.32 Å². The molecule has 14 heavy (non-hydrogen) atoms. The van der Waals surface area contributed by atoms with Gasteiger partial charge in [-0.15, -0.1) is 11.8 Å². The van der Waals surface area contributed by atoms with E-state index < -0.39 is 0 Å². The molecule has 0 saturated carbocycles. The molecule has 0 aliphatic carbocycles. The molecule has 1 N–H and O–H groups in total. The molecule has 0 unspecified atom stereocenters. The van der Waals surface area contributed by atoms with E-state index >= 15 is 0 Å². The van der Waals surface area contributed by atoms with Crippen molar-refractivity contribution in [1.29, 1.82) is 0 Å². The van der Waals surface area contributed by atoms with Crippen LogP contribution in [0.4, 0.5) is 0 Å². The molecular weight excluding hydrogens is 214 g/mol. The summed E-state index contributed by atoms with van der Waals surface area (Å²) >= 11 is 7.74. The third-order valence-corrected chi connectivity index (χ3v) is 3.36. The summed E-state index contributed by atoms with van der Waals surface area (Å²) in [5.74, 6) is 0.907. The van der Waals surface area contributed by atoms with Crippen LogP contribution in [-0.2, 0) is 0 Å². The molecule has 0 aromatic heterocycles. The van der Waals surface area contributed by atoms with Crippen LogP contribution in [0.3, 0.4) is 0 Å². The predicted molar refractivity (Wildman–Crippen MR) is 65.2 cm³/mol. The van der Waals surface area contributed by atoms with Gasteiger partial charge in [0, 0.05) is 17.2 Å². The van der Waals surface area contributed by atoms with Crippen LogP contribution in [0.2, 0.25) is 5.02 Å². The van der Waals surface area contributed by atoms with Crippen molar-refractivity contribution < 1.29 is 0 Å². The van der Waals surface area contributed by atoms with E-state index in [9.17, 15) is 0 Å². The van der Waals surface area contributed by atoms with Crippen LogP contribution in [0.1, 0.15) is 0 Å². The lowest BCUT2D eigenvalue weighted by Gasteiger charge is -2.05. The van der Waals surface area contributed by atoms with Crippen LogP contribution in [0.25, 0.3) is 0 Å². The Kier molecular flexibility index (Phi) is 5.09. The van der Waals surface area contributed by atoms with Gasteiger partial charge in [-0.1, -0.05) is 35.9 Å². The van der Waals surface area contributed by atoms with Gasteiger partial charge in [-0.05, 0) is 19.2 Å². The van der Waals surface area contributed by atoms with Crippen LogP contribution in [0, 0.1) is 0 Å². The van der Waals surface area contributed by atoms with Gasteiger partial charge in [-0.2, -0.15) is 0 Å². The van der Waals surface area contributed by atoms with Gasteiger partial charge in [-0.3, -0.25) is 0 Å². The summed E-state index contributed by atoms with van der Waals surface area (Å²) in [4.78, 5) is 1.12.